The number of ether oxygens (including phenoxy) is 1. The quantitative estimate of drug-likeness (QED) is 0.722. The fourth-order valence-corrected chi connectivity index (χ4v) is 4.21. The van der Waals surface area contributed by atoms with E-state index in [9.17, 15) is 14.7 Å². The minimum absolute atomic E-state index is 0.272. The highest BCUT2D eigenvalue weighted by atomic mass is 32.1. The zero-order valence-electron chi connectivity index (χ0n) is 15.0. The van der Waals surface area contributed by atoms with E-state index in [4.69, 9.17) is 4.74 Å². The molecule has 0 bridgehead atoms. The zero-order chi connectivity index (χ0) is 19.2. The van der Waals surface area contributed by atoms with Crippen LogP contribution in [0.1, 0.15) is 35.0 Å². The van der Waals surface area contributed by atoms with Gasteiger partial charge in [-0.3, -0.25) is 14.2 Å². The summed E-state index contributed by atoms with van der Waals surface area (Å²) in [4.78, 5) is 30.3. The molecule has 2 aromatic heterocycles. The molecule has 3 heterocycles. The number of carbonyl (C=O) groups is 1. The number of aromatic hydroxyl groups is 1. The van der Waals surface area contributed by atoms with E-state index >= 15 is 0 Å². The van der Waals surface area contributed by atoms with Crippen LogP contribution in [0.3, 0.4) is 0 Å². The number of fused-ring (bicyclic) bond motifs is 2. The van der Waals surface area contributed by atoms with Crippen molar-refractivity contribution in [3.8, 4) is 5.75 Å². The number of nitrogens with one attached hydrogen (secondary N) is 1. The Hall–Kier alpha value is -2.71. The van der Waals surface area contributed by atoms with Crippen LogP contribution in [0.2, 0.25) is 0 Å². The van der Waals surface area contributed by atoms with Gasteiger partial charge in [0.1, 0.15) is 11.4 Å². The highest BCUT2D eigenvalue weighted by Gasteiger charge is 2.34. The molecule has 0 aliphatic carbocycles. The summed E-state index contributed by atoms with van der Waals surface area (Å²) in [6.45, 7) is 4.48. The molecule has 1 aliphatic rings. The number of carbonyl (C=O) groups excluding carboxylic acids is 1. The molecule has 0 fully saturated rings. The highest BCUT2D eigenvalue weighted by molar-refractivity contribution is 7.19. The Kier molecular flexibility index (Phi) is 4.24. The van der Waals surface area contributed by atoms with Crippen molar-refractivity contribution < 1.29 is 14.6 Å². The van der Waals surface area contributed by atoms with Gasteiger partial charge < -0.3 is 15.2 Å². The van der Waals surface area contributed by atoms with Gasteiger partial charge in [-0.1, -0.05) is 18.2 Å². The van der Waals surface area contributed by atoms with Gasteiger partial charge in [-0.05, 0) is 31.4 Å². The van der Waals surface area contributed by atoms with Gasteiger partial charge in [-0.25, -0.2) is 4.98 Å². The van der Waals surface area contributed by atoms with Gasteiger partial charge in [0.25, 0.3) is 11.5 Å². The molecule has 0 unspecified atom stereocenters. The number of hydrogen-bond acceptors (Lipinski definition) is 6. The van der Waals surface area contributed by atoms with Crippen LogP contribution in [-0.4, -0.2) is 27.2 Å². The van der Waals surface area contributed by atoms with E-state index in [2.05, 4.69) is 10.3 Å². The van der Waals surface area contributed by atoms with Gasteiger partial charge in [-0.15, -0.1) is 11.3 Å². The number of rotatable bonds is 3. The highest BCUT2D eigenvalue weighted by Crippen LogP contribution is 2.28. The minimum atomic E-state index is -0.814. The van der Waals surface area contributed by atoms with Crippen LogP contribution in [0.25, 0.3) is 10.1 Å². The van der Waals surface area contributed by atoms with Gasteiger partial charge in [0.2, 0.25) is 5.75 Å². The Labute approximate surface area is 159 Å². The Balaban J connectivity index is 1.62. The van der Waals surface area contributed by atoms with Crippen molar-refractivity contribution in [2.75, 3.05) is 6.61 Å². The van der Waals surface area contributed by atoms with Crippen LogP contribution < -0.4 is 10.9 Å². The predicted molar refractivity (Wildman–Crippen MR) is 102 cm³/mol. The molecule has 2 N–H and O–H groups in total. The number of hydrogen-bond donors (Lipinski definition) is 2. The molecule has 140 valence electrons. The number of nitrogens with zero attached hydrogens (tertiary/aromatic N) is 2. The van der Waals surface area contributed by atoms with Crippen molar-refractivity contribution >= 4 is 27.3 Å². The summed E-state index contributed by atoms with van der Waals surface area (Å²) in [6, 6.07) is 9.96. The minimum Gasteiger partial charge on any atom is -0.501 e. The Morgan fingerprint density at radius 3 is 2.96 bits per heavy atom. The van der Waals surface area contributed by atoms with E-state index in [1.54, 1.807) is 25.2 Å². The van der Waals surface area contributed by atoms with Crippen LogP contribution in [0.15, 0.2) is 35.1 Å². The van der Waals surface area contributed by atoms with Gasteiger partial charge in [0.15, 0.2) is 5.69 Å². The molecule has 4 rings (SSSR count). The monoisotopic (exact) mass is 385 g/mol. The summed E-state index contributed by atoms with van der Waals surface area (Å²) in [5, 5.41) is 14.1. The lowest BCUT2D eigenvalue weighted by atomic mass is 10.1. The third-order valence-corrected chi connectivity index (χ3v) is 5.69. The molecule has 1 aliphatic heterocycles. The van der Waals surface area contributed by atoms with Crippen molar-refractivity contribution in [1.82, 2.24) is 14.9 Å². The molecule has 0 atom stereocenters. The standard InChI is InChI=1S/C19H19N3O4S/c1-19(2)18-21-14(15(23)17(25)22(18)7-8-26-19)16(24)20-10-12-9-11-5-3-4-6-13(11)27-12/h3-6,9,23H,7-8,10H2,1-2H3,(H,20,24). The first-order valence-electron chi connectivity index (χ1n) is 8.61. The summed E-state index contributed by atoms with van der Waals surface area (Å²) in [6.07, 6.45) is 0. The summed E-state index contributed by atoms with van der Waals surface area (Å²) in [5.74, 6) is -0.888. The molecule has 1 amide bonds. The fraction of sp³-hybridized carbons (Fsp3) is 0.316. The summed E-state index contributed by atoms with van der Waals surface area (Å²) >= 11 is 1.58. The van der Waals surface area contributed by atoms with Gasteiger partial charge >= 0.3 is 0 Å². The third kappa shape index (κ3) is 3.11. The number of benzene rings is 1. The van der Waals surface area contributed by atoms with Crippen molar-refractivity contribution in [3.63, 3.8) is 0 Å². The second-order valence-electron chi connectivity index (χ2n) is 6.88. The summed E-state index contributed by atoms with van der Waals surface area (Å²) < 4.78 is 8.15. The molecule has 8 heteroatoms. The van der Waals surface area contributed by atoms with E-state index in [-0.39, 0.29) is 12.2 Å². The molecule has 27 heavy (non-hydrogen) atoms. The van der Waals surface area contributed by atoms with E-state index in [0.717, 1.165) is 15.0 Å². The van der Waals surface area contributed by atoms with Gasteiger partial charge in [-0.2, -0.15) is 0 Å². The first-order chi connectivity index (χ1) is 12.9. The van der Waals surface area contributed by atoms with Crippen molar-refractivity contribution in [1.29, 1.82) is 0 Å². The number of thiophene rings is 1. The maximum absolute atomic E-state index is 12.6. The van der Waals surface area contributed by atoms with E-state index < -0.39 is 22.8 Å². The average molecular weight is 385 g/mol. The van der Waals surface area contributed by atoms with Crippen LogP contribution >= 0.6 is 11.3 Å². The summed E-state index contributed by atoms with van der Waals surface area (Å²) in [7, 11) is 0. The third-order valence-electron chi connectivity index (χ3n) is 4.58. The van der Waals surface area contributed by atoms with Crippen molar-refractivity contribution in [2.24, 2.45) is 0 Å². The zero-order valence-corrected chi connectivity index (χ0v) is 15.8. The number of aromatic nitrogens is 2. The molecule has 1 aromatic carbocycles. The maximum atomic E-state index is 12.6. The molecule has 7 nitrogen and oxygen atoms in total. The summed E-state index contributed by atoms with van der Waals surface area (Å²) in [5.41, 5.74) is -1.71. The lowest BCUT2D eigenvalue weighted by Gasteiger charge is -2.32. The van der Waals surface area contributed by atoms with E-state index in [1.165, 1.54) is 4.57 Å². The van der Waals surface area contributed by atoms with Crippen LogP contribution in [0.4, 0.5) is 0 Å². The molecule has 0 spiro atoms. The molecular weight excluding hydrogens is 366 g/mol. The lowest BCUT2D eigenvalue weighted by molar-refractivity contribution is -0.0566. The van der Waals surface area contributed by atoms with E-state index in [1.807, 2.05) is 30.3 Å². The lowest BCUT2D eigenvalue weighted by Crippen LogP contribution is -2.42. The van der Waals surface area contributed by atoms with Crippen LogP contribution in [0, 0.1) is 0 Å². The van der Waals surface area contributed by atoms with Crippen molar-refractivity contribution in [2.45, 2.75) is 32.5 Å². The first-order valence-corrected chi connectivity index (χ1v) is 9.42. The van der Waals surface area contributed by atoms with Crippen LogP contribution in [-0.2, 0) is 23.4 Å². The normalized spacial score (nSPS) is 15.5. The molecule has 3 aromatic rings. The molecule has 0 saturated heterocycles. The largest absolute Gasteiger partial charge is 0.501 e. The van der Waals surface area contributed by atoms with Gasteiger partial charge in [0, 0.05) is 9.58 Å². The first kappa shape index (κ1) is 17.7. The van der Waals surface area contributed by atoms with E-state index in [0.29, 0.717) is 19.0 Å². The Bertz CT molecular complexity index is 1070. The average Bonchev–Trinajstić information content (AvgIpc) is 3.05. The number of amides is 1. The SMILES string of the molecule is CC1(C)OCCn2c1nc(C(=O)NCc1cc3ccccc3s1)c(O)c2=O. The molecular formula is C19H19N3O4S. The Morgan fingerprint density at radius 1 is 1.41 bits per heavy atom. The molecule has 0 radical (unpaired) electrons. The Morgan fingerprint density at radius 2 is 2.19 bits per heavy atom. The fourth-order valence-electron chi connectivity index (χ4n) is 3.20. The maximum Gasteiger partial charge on any atom is 0.296 e. The topological polar surface area (TPSA) is 93.5 Å². The van der Waals surface area contributed by atoms with Gasteiger partial charge in [0.05, 0.1) is 19.7 Å². The van der Waals surface area contributed by atoms with Crippen LogP contribution in [0.5, 0.6) is 5.75 Å². The molecule has 0 saturated carbocycles. The van der Waals surface area contributed by atoms with Crippen molar-refractivity contribution in [3.05, 3.63) is 57.1 Å². The second kappa shape index (κ2) is 6.47. The second-order valence-corrected chi connectivity index (χ2v) is 8.05. The smallest absolute Gasteiger partial charge is 0.296 e. The predicted octanol–water partition coefficient (Wildman–Crippen LogP) is 2.36.